The van der Waals surface area contributed by atoms with E-state index in [1.54, 1.807) is 11.3 Å². The summed E-state index contributed by atoms with van der Waals surface area (Å²) in [7, 11) is 1.85. The van der Waals surface area contributed by atoms with E-state index < -0.39 is 0 Å². The molecule has 0 saturated carbocycles. The minimum atomic E-state index is 0.502. The number of hydrogen-bond donors (Lipinski definition) is 1. The van der Waals surface area contributed by atoms with E-state index in [0.29, 0.717) is 18.1 Å². The van der Waals surface area contributed by atoms with E-state index in [1.807, 2.05) is 26.3 Å². The molecule has 0 amide bonds. The molecule has 0 fully saturated rings. The molecule has 20 heavy (non-hydrogen) atoms. The van der Waals surface area contributed by atoms with Crippen LogP contribution in [0.15, 0.2) is 9.90 Å². The van der Waals surface area contributed by atoms with Crippen molar-refractivity contribution >= 4 is 27.9 Å². The Morgan fingerprint density at radius 3 is 2.85 bits per heavy atom. The van der Waals surface area contributed by atoms with Gasteiger partial charge in [-0.1, -0.05) is 5.16 Å². The van der Waals surface area contributed by atoms with Gasteiger partial charge < -0.3 is 9.84 Å². The molecule has 0 unspecified atom stereocenters. The molecule has 3 aromatic heterocycles. The summed E-state index contributed by atoms with van der Waals surface area (Å²) in [5.41, 5.74) is 2.73. The first kappa shape index (κ1) is 13.2. The van der Waals surface area contributed by atoms with E-state index in [-0.39, 0.29) is 0 Å². The van der Waals surface area contributed by atoms with Crippen molar-refractivity contribution in [2.45, 2.75) is 20.3 Å². The van der Waals surface area contributed by atoms with Gasteiger partial charge >= 0.3 is 0 Å². The van der Waals surface area contributed by atoms with Gasteiger partial charge in [0.15, 0.2) is 5.82 Å². The van der Waals surface area contributed by atoms with Gasteiger partial charge in [-0.3, -0.25) is 0 Å². The smallest absolute Gasteiger partial charge is 0.262 e. The Hall–Kier alpha value is -1.80. The maximum Gasteiger partial charge on any atom is 0.262 e. The maximum absolute atomic E-state index is 5.35. The van der Waals surface area contributed by atoms with Crippen LogP contribution in [0.1, 0.15) is 22.2 Å². The molecule has 6 nitrogen and oxygen atoms in total. The second-order valence-corrected chi connectivity index (χ2v) is 6.11. The molecule has 3 rings (SSSR count). The van der Waals surface area contributed by atoms with Gasteiger partial charge in [-0.25, -0.2) is 4.98 Å². The molecule has 1 N–H and O–H groups in total. The third kappa shape index (κ3) is 2.44. The van der Waals surface area contributed by atoms with Crippen molar-refractivity contribution in [1.82, 2.24) is 19.5 Å². The molecular weight excluding hydrogens is 294 g/mol. The molecule has 0 spiro atoms. The van der Waals surface area contributed by atoms with E-state index in [1.165, 1.54) is 11.5 Å². The van der Waals surface area contributed by atoms with Crippen LogP contribution in [0.3, 0.4) is 0 Å². The summed E-state index contributed by atoms with van der Waals surface area (Å²) < 4.78 is 9.65. The second-order valence-electron chi connectivity index (χ2n) is 4.27. The summed E-state index contributed by atoms with van der Waals surface area (Å²) in [5, 5.41) is 11.1. The molecule has 0 aliphatic carbocycles. The zero-order valence-electron chi connectivity index (χ0n) is 11.3. The average molecular weight is 307 g/mol. The van der Waals surface area contributed by atoms with Crippen molar-refractivity contribution in [2.75, 3.05) is 12.4 Å². The number of thiazole rings is 1. The Bertz CT molecular complexity index is 730. The Labute approximate surface area is 124 Å². The second kappa shape index (κ2) is 5.29. The fourth-order valence-corrected chi connectivity index (χ4v) is 3.22. The summed E-state index contributed by atoms with van der Waals surface area (Å²) >= 11 is 3.01. The van der Waals surface area contributed by atoms with Gasteiger partial charge in [-0.05, 0) is 25.4 Å². The highest BCUT2D eigenvalue weighted by Crippen LogP contribution is 2.33. The molecule has 3 heterocycles. The predicted molar refractivity (Wildman–Crippen MR) is 79.3 cm³/mol. The zero-order chi connectivity index (χ0) is 14.1. The third-order valence-corrected chi connectivity index (χ3v) is 4.56. The quantitative estimate of drug-likeness (QED) is 0.798. The number of rotatable bonds is 4. The average Bonchev–Trinajstić information content (AvgIpc) is 3.11. The molecule has 104 valence electrons. The fourth-order valence-electron chi connectivity index (χ4n) is 1.87. The van der Waals surface area contributed by atoms with Crippen molar-refractivity contribution < 1.29 is 4.52 Å². The Balaban J connectivity index is 1.88. The predicted octanol–water partition coefficient (Wildman–Crippen LogP) is 2.90. The molecular formula is C12H13N5OS2. The maximum atomic E-state index is 5.35. The lowest BCUT2D eigenvalue weighted by atomic mass is 10.2. The summed E-state index contributed by atoms with van der Waals surface area (Å²) in [6.45, 7) is 3.91. The highest BCUT2D eigenvalue weighted by atomic mass is 32.1. The molecule has 0 saturated heterocycles. The van der Waals surface area contributed by atoms with Crippen LogP contribution >= 0.6 is 22.9 Å². The van der Waals surface area contributed by atoms with Crippen LogP contribution in [0.4, 0.5) is 5.00 Å². The molecule has 0 radical (unpaired) electrons. The number of hydrogen-bond acceptors (Lipinski definition) is 8. The van der Waals surface area contributed by atoms with Crippen LogP contribution in [-0.4, -0.2) is 26.5 Å². The molecule has 0 atom stereocenters. The van der Waals surface area contributed by atoms with Gasteiger partial charge in [0.25, 0.3) is 5.89 Å². The Morgan fingerprint density at radius 1 is 1.30 bits per heavy atom. The number of aryl methyl sites for hydroxylation is 2. The Morgan fingerprint density at radius 2 is 2.15 bits per heavy atom. The van der Waals surface area contributed by atoms with Gasteiger partial charge in [0.2, 0.25) is 0 Å². The van der Waals surface area contributed by atoms with Gasteiger partial charge in [-0.15, -0.1) is 11.3 Å². The molecule has 8 heteroatoms. The van der Waals surface area contributed by atoms with Crippen molar-refractivity contribution in [3.63, 3.8) is 0 Å². The van der Waals surface area contributed by atoms with Gasteiger partial charge in [0, 0.05) is 12.4 Å². The largest absolute Gasteiger partial charge is 0.378 e. The number of anilines is 1. The topological polar surface area (TPSA) is 76.7 Å². The van der Waals surface area contributed by atoms with Crippen molar-refractivity contribution in [1.29, 1.82) is 0 Å². The van der Waals surface area contributed by atoms with Crippen LogP contribution in [0.25, 0.3) is 11.5 Å². The molecule has 3 aromatic rings. The minimum absolute atomic E-state index is 0.502. The zero-order valence-corrected chi connectivity index (χ0v) is 12.9. The van der Waals surface area contributed by atoms with Crippen molar-refractivity contribution in [3.05, 3.63) is 27.6 Å². The lowest BCUT2D eigenvalue weighted by Crippen LogP contribution is -1.92. The first-order valence-electron chi connectivity index (χ1n) is 6.05. The van der Waals surface area contributed by atoms with E-state index >= 15 is 0 Å². The monoisotopic (exact) mass is 307 g/mol. The highest BCUT2D eigenvalue weighted by Gasteiger charge is 2.18. The lowest BCUT2D eigenvalue weighted by molar-refractivity contribution is 0.423. The summed E-state index contributed by atoms with van der Waals surface area (Å²) in [6, 6.07) is 0. The standard InChI is InChI=1S/C12H13N5OS2/c1-6-10(12(13-3)20-17-6)11-15-9(16-18-11)4-8-5-19-7(2)14-8/h5,13H,4H2,1-3H3. The number of nitrogens with zero attached hydrogens (tertiary/aromatic N) is 4. The Kier molecular flexibility index (Phi) is 3.49. The minimum Gasteiger partial charge on any atom is -0.378 e. The number of nitrogens with one attached hydrogen (secondary N) is 1. The fraction of sp³-hybridized carbons (Fsp3) is 0.333. The van der Waals surface area contributed by atoms with Crippen LogP contribution in [0.5, 0.6) is 0 Å². The van der Waals surface area contributed by atoms with Crippen molar-refractivity contribution in [3.8, 4) is 11.5 Å². The van der Waals surface area contributed by atoms with E-state index in [4.69, 9.17) is 4.52 Å². The SMILES string of the molecule is CNc1snc(C)c1-c1nc(Cc2csc(C)n2)no1. The summed E-state index contributed by atoms with van der Waals surface area (Å²) in [6.07, 6.45) is 0.583. The normalized spacial score (nSPS) is 10.9. The molecule has 0 aromatic carbocycles. The molecule has 0 aliphatic rings. The van der Waals surface area contributed by atoms with Gasteiger partial charge in [-0.2, -0.15) is 9.36 Å². The van der Waals surface area contributed by atoms with Crippen LogP contribution in [0, 0.1) is 13.8 Å². The third-order valence-electron chi connectivity index (χ3n) is 2.78. The van der Waals surface area contributed by atoms with Gasteiger partial charge in [0.05, 0.1) is 28.4 Å². The highest BCUT2D eigenvalue weighted by molar-refractivity contribution is 7.11. The molecule has 0 aliphatic heterocycles. The first-order valence-corrected chi connectivity index (χ1v) is 7.70. The number of aromatic nitrogens is 4. The summed E-state index contributed by atoms with van der Waals surface area (Å²) in [5.74, 6) is 1.14. The lowest BCUT2D eigenvalue weighted by Gasteiger charge is -1.96. The van der Waals surface area contributed by atoms with E-state index in [0.717, 1.165) is 27.0 Å². The van der Waals surface area contributed by atoms with Crippen molar-refractivity contribution in [2.24, 2.45) is 0 Å². The van der Waals surface area contributed by atoms with Gasteiger partial charge in [0.1, 0.15) is 5.00 Å². The molecule has 0 bridgehead atoms. The van der Waals surface area contributed by atoms with Crippen LogP contribution in [0.2, 0.25) is 0 Å². The van der Waals surface area contributed by atoms with Crippen LogP contribution in [-0.2, 0) is 6.42 Å². The summed E-state index contributed by atoms with van der Waals surface area (Å²) in [4.78, 5) is 8.84. The van der Waals surface area contributed by atoms with Crippen LogP contribution < -0.4 is 5.32 Å². The van der Waals surface area contributed by atoms with E-state index in [2.05, 4.69) is 24.8 Å². The first-order chi connectivity index (χ1) is 9.67. The van der Waals surface area contributed by atoms with E-state index in [9.17, 15) is 0 Å².